The first-order chi connectivity index (χ1) is 13.4. The zero-order valence-corrected chi connectivity index (χ0v) is 16.8. The minimum atomic E-state index is -0.131. The van der Waals surface area contributed by atoms with E-state index in [1.165, 1.54) is 11.1 Å². The summed E-state index contributed by atoms with van der Waals surface area (Å²) in [6.07, 6.45) is 1.74. The van der Waals surface area contributed by atoms with E-state index in [1.807, 2.05) is 38.1 Å². The summed E-state index contributed by atoms with van der Waals surface area (Å²) in [7, 11) is 0. The number of nitrogens with one attached hydrogen (secondary N) is 2. The van der Waals surface area contributed by atoms with Crippen molar-refractivity contribution in [1.29, 1.82) is 0 Å². The van der Waals surface area contributed by atoms with Gasteiger partial charge in [-0.3, -0.25) is 4.98 Å². The summed E-state index contributed by atoms with van der Waals surface area (Å²) in [6, 6.07) is 13.8. The van der Waals surface area contributed by atoms with Crippen molar-refractivity contribution >= 4 is 17.5 Å². The molecule has 0 saturated heterocycles. The van der Waals surface area contributed by atoms with Gasteiger partial charge in [-0.2, -0.15) is 4.98 Å². The van der Waals surface area contributed by atoms with Crippen LogP contribution in [-0.4, -0.2) is 32.7 Å². The molecule has 146 valence electrons. The molecular weight excluding hydrogens is 350 g/mol. The Balaban J connectivity index is 1.99. The standard InChI is InChI=1S/C22H27N5O/c1-14(2)20(13-28)26-22-25-19(18-7-5-6-8-23-18)12-21(27-22)24-17-10-15(3)9-16(4)11-17/h5-12,14,20,28H,13H2,1-4H3,(H2,24,25,26,27)/t20-/m1/s1. The molecule has 1 aromatic carbocycles. The molecule has 6 nitrogen and oxygen atoms in total. The summed E-state index contributed by atoms with van der Waals surface area (Å²) in [5.41, 5.74) is 4.81. The zero-order chi connectivity index (χ0) is 20.1. The van der Waals surface area contributed by atoms with Crippen LogP contribution in [-0.2, 0) is 0 Å². The number of anilines is 3. The number of aliphatic hydroxyl groups excluding tert-OH is 1. The maximum atomic E-state index is 9.66. The minimum Gasteiger partial charge on any atom is -0.394 e. The molecule has 0 aliphatic carbocycles. The predicted octanol–water partition coefficient (Wildman–Crippen LogP) is 4.33. The van der Waals surface area contributed by atoms with Gasteiger partial charge in [0.05, 0.1) is 24.0 Å². The molecule has 0 radical (unpaired) electrons. The Morgan fingerprint density at radius 1 is 0.964 bits per heavy atom. The summed E-state index contributed by atoms with van der Waals surface area (Å²) >= 11 is 0. The Hall–Kier alpha value is -2.99. The van der Waals surface area contributed by atoms with Crippen LogP contribution in [0, 0.1) is 19.8 Å². The third kappa shape index (κ3) is 5.04. The van der Waals surface area contributed by atoms with Crippen molar-refractivity contribution in [2.75, 3.05) is 17.2 Å². The van der Waals surface area contributed by atoms with E-state index in [9.17, 15) is 5.11 Å². The third-order valence-electron chi connectivity index (χ3n) is 4.46. The first-order valence-electron chi connectivity index (χ1n) is 9.48. The van der Waals surface area contributed by atoms with Gasteiger partial charge in [0.1, 0.15) is 5.82 Å². The number of aryl methyl sites for hydroxylation is 2. The smallest absolute Gasteiger partial charge is 0.225 e. The number of aromatic nitrogens is 3. The topological polar surface area (TPSA) is 83.0 Å². The molecule has 3 rings (SSSR count). The number of nitrogens with zero attached hydrogens (tertiary/aromatic N) is 3. The number of rotatable bonds is 7. The molecule has 0 aliphatic rings. The fraction of sp³-hybridized carbons (Fsp3) is 0.318. The average Bonchev–Trinajstić information content (AvgIpc) is 2.65. The molecule has 6 heteroatoms. The van der Waals surface area contributed by atoms with E-state index < -0.39 is 0 Å². The summed E-state index contributed by atoms with van der Waals surface area (Å²) in [6.45, 7) is 8.24. The number of hydrogen-bond acceptors (Lipinski definition) is 6. The van der Waals surface area contributed by atoms with Crippen LogP contribution in [0.15, 0.2) is 48.7 Å². The summed E-state index contributed by atoms with van der Waals surface area (Å²) in [5.74, 6) is 1.37. The maximum absolute atomic E-state index is 9.66. The molecule has 2 heterocycles. The van der Waals surface area contributed by atoms with Crippen molar-refractivity contribution in [3.8, 4) is 11.4 Å². The van der Waals surface area contributed by atoms with E-state index in [-0.39, 0.29) is 18.6 Å². The lowest BCUT2D eigenvalue weighted by Gasteiger charge is -2.20. The lowest BCUT2D eigenvalue weighted by atomic mass is 10.1. The van der Waals surface area contributed by atoms with Crippen molar-refractivity contribution in [2.45, 2.75) is 33.7 Å². The highest BCUT2D eigenvalue weighted by atomic mass is 16.3. The summed E-state index contributed by atoms with van der Waals surface area (Å²) in [5, 5.41) is 16.3. The molecule has 0 bridgehead atoms. The fourth-order valence-electron chi connectivity index (χ4n) is 3.00. The second-order valence-corrected chi connectivity index (χ2v) is 7.36. The molecule has 0 spiro atoms. The Kier molecular flexibility index (Phi) is 6.21. The largest absolute Gasteiger partial charge is 0.394 e. The van der Waals surface area contributed by atoms with Crippen LogP contribution in [0.2, 0.25) is 0 Å². The van der Waals surface area contributed by atoms with Crippen molar-refractivity contribution in [2.24, 2.45) is 5.92 Å². The monoisotopic (exact) mass is 377 g/mol. The second-order valence-electron chi connectivity index (χ2n) is 7.36. The molecule has 3 N–H and O–H groups in total. The van der Waals surface area contributed by atoms with Gasteiger partial charge in [0.2, 0.25) is 5.95 Å². The van der Waals surface area contributed by atoms with Crippen LogP contribution >= 0.6 is 0 Å². The minimum absolute atomic E-state index is 0.00861. The van der Waals surface area contributed by atoms with Gasteiger partial charge in [-0.05, 0) is 55.2 Å². The van der Waals surface area contributed by atoms with Crippen molar-refractivity contribution in [1.82, 2.24) is 15.0 Å². The predicted molar refractivity (Wildman–Crippen MR) is 114 cm³/mol. The molecule has 1 atom stereocenters. The molecule has 0 saturated carbocycles. The first-order valence-corrected chi connectivity index (χ1v) is 9.48. The van der Waals surface area contributed by atoms with E-state index in [0.717, 1.165) is 11.4 Å². The third-order valence-corrected chi connectivity index (χ3v) is 4.46. The molecule has 0 fully saturated rings. The van der Waals surface area contributed by atoms with Crippen molar-refractivity contribution in [3.05, 3.63) is 59.8 Å². The van der Waals surface area contributed by atoms with Gasteiger partial charge in [0, 0.05) is 18.0 Å². The molecule has 0 unspecified atom stereocenters. The highest BCUT2D eigenvalue weighted by molar-refractivity contribution is 5.66. The Labute approximate surface area is 166 Å². The van der Waals surface area contributed by atoms with Gasteiger partial charge in [0.15, 0.2) is 0 Å². The highest BCUT2D eigenvalue weighted by Gasteiger charge is 2.15. The molecule has 0 amide bonds. The molecule has 2 aromatic heterocycles. The lowest BCUT2D eigenvalue weighted by molar-refractivity contribution is 0.248. The Bertz CT molecular complexity index is 907. The number of hydrogen-bond donors (Lipinski definition) is 3. The summed E-state index contributed by atoms with van der Waals surface area (Å²) < 4.78 is 0. The van der Waals surface area contributed by atoms with Crippen LogP contribution in [0.3, 0.4) is 0 Å². The number of pyridine rings is 1. The fourth-order valence-corrected chi connectivity index (χ4v) is 3.00. The quantitative estimate of drug-likeness (QED) is 0.568. The van der Waals surface area contributed by atoms with E-state index >= 15 is 0 Å². The van der Waals surface area contributed by atoms with Crippen LogP contribution in [0.4, 0.5) is 17.5 Å². The van der Waals surface area contributed by atoms with Crippen LogP contribution in [0.5, 0.6) is 0 Å². The zero-order valence-electron chi connectivity index (χ0n) is 16.8. The maximum Gasteiger partial charge on any atom is 0.225 e. The van der Waals surface area contributed by atoms with E-state index in [0.29, 0.717) is 17.5 Å². The highest BCUT2D eigenvalue weighted by Crippen LogP contribution is 2.24. The first kappa shape index (κ1) is 19.8. The Morgan fingerprint density at radius 3 is 2.32 bits per heavy atom. The Morgan fingerprint density at radius 2 is 1.71 bits per heavy atom. The van der Waals surface area contributed by atoms with E-state index in [2.05, 4.69) is 57.6 Å². The molecule has 0 aliphatic heterocycles. The van der Waals surface area contributed by atoms with Crippen molar-refractivity contribution in [3.63, 3.8) is 0 Å². The number of benzene rings is 1. The van der Waals surface area contributed by atoms with Gasteiger partial charge < -0.3 is 15.7 Å². The van der Waals surface area contributed by atoms with Crippen LogP contribution in [0.25, 0.3) is 11.4 Å². The van der Waals surface area contributed by atoms with Gasteiger partial charge in [-0.15, -0.1) is 0 Å². The molecule has 3 aromatic rings. The number of aliphatic hydroxyl groups is 1. The molecule has 28 heavy (non-hydrogen) atoms. The normalized spacial score (nSPS) is 12.1. The van der Waals surface area contributed by atoms with Gasteiger partial charge in [-0.25, -0.2) is 4.98 Å². The van der Waals surface area contributed by atoms with Gasteiger partial charge >= 0.3 is 0 Å². The van der Waals surface area contributed by atoms with Crippen LogP contribution in [0.1, 0.15) is 25.0 Å². The van der Waals surface area contributed by atoms with E-state index in [4.69, 9.17) is 0 Å². The van der Waals surface area contributed by atoms with Crippen molar-refractivity contribution < 1.29 is 5.11 Å². The average molecular weight is 377 g/mol. The van der Waals surface area contributed by atoms with Gasteiger partial charge in [0.25, 0.3) is 0 Å². The second kappa shape index (κ2) is 8.80. The lowest BCUT2D eigenvalue weighted by Crippen LogP contribution is -2.30. The summed E-state index contributed by atoms with van der Waals surface area (Å²) in [4.78, 5) is 13.6. The van der Waals surface area contributed by atoms with Gasteiger partial charge in [-0.1, -0.05) is 26.0 Å². The van der Waals surface area contributed by atoms with E-state index in [1.54, 1.807) is 6.20 Å². The van der Waals surface area contributed by atoms with Crippen LogP contribution < -0.4 is 10.6 Å². The molecular formula is C22H27N5O. The SMILES string of the molecule is Cc1cc(C)cc(Nc2cc(-c3ccccn3)nc(N[C@H](CO)C(C)C)n2)c1.